The van der Waals surface area contributed by atoms with E-state index in [-0.39, 0.29) is 0 Å². The highest BCUT2D eigenvalue weighted by Gasteiger charge is 2.20. The Labute approximate surface area is 82.1 Å². The van der Waals surface area contributed by atoms with Crippen molar-refractivity contribution in [3.05, 3.63) is 17.5 Å². The maximum absolute atomic E-state index is 5.76. The van der Waals surface area contributed by atoms with Crippen LogP contribution in [0, 0.1) is 5.92 Å². The van der Waals surface area contributed by atoms with E-state index < -0.39 is 0 Å². The number of ether oxygens (including phenoxy) is 1. The minimum absolute atomic E-state index is 0.346. The molecule has 0 aromatic carbocycles. The van der Waals surface area contributed by atoms with Gasteiger partial charge in [0.2, 0.25) is 0 Å². The van der Waals surface area contributed by atoms with Crippen LogP contribution in [-0.2, 0) is 0 Å². The molecular formula is C9H11ClN2O. The Bertz CT molecular complexity index is 289. The zero-order chi connectivity index (χ0) is 9.10. The molecule has 1 fully saturated rings. The van der Waals surface area contributed by atoms with Gasteiger partial charge in [-0.15, -0.1) is 0 Å². The molecule has 0 saturated heterocycles. The molecule has 0 aliphatic heterocycles. The lowest BCUT2D eigenvalue weighted by Crippen LogP contribution is -2.00. The first-order valence-corrected chi connectivity index (χ1v) is 4.83. The van der Waals surface area contributed by atoms with E-state index in [1.807, 2.05) is 0 Å². The van der Waals surface area contributed by atoms with Gasteiger partial charge in [0.15, 0.2) is 5.15 Å². The first-order chi connectivity index (χ1) is 6.36. The van der Waals surface area contributed by atoms with Gasteiger partial charge < -0.3 is 4.74 Å². The molecule has 3 nitrogen and oxygen atoms in total. The summed E-state index contributed by atoms with van der Waals surface area (Å²) < 4.78 is 5.38. The largest absolute Gasteiger partial charge is 0.475 e. The fourth-order valence-electron chi connectivity index (χ4n) is 1.13. The van der Waals surface area contributed by atoms with Crippen LogP contribution < -0.4 is 4.74 Å². The van der Waals surface area contributed by atoms with Gasteiger partial charge in [-0.3, -0.25) is 0 Å². The van der Waals surface area contributed by atoms with Gasteiger partial charge in [-0.1, -0.05) is 24.4 Å². The number of hydrogen-bond acceptors (Lipinski definition) is 3. The molecule has 0 amide bonds. The second-order valence-corrected chi connectivity index (χ2v) is 3.59. The van der Waals surface area contributed by atoms with Crippen molar-refractivity contribution in [2.75, 3.05) is 6.61 Å². The van der Waals surface area contributed by atoms with Gasteiger partial charge in [0.05, 0.1) is 6.61 Å². The average Bonchev–Trinajstić information content (AvgIpc) is 2.92. The van der Waals surface area contributed by atoms with Gasteiger partial charge in [-0.25, -0.2) is 9.97 Å². The molecule has 2 rings (SSSR count). The second-order valence-electron chi connectivity index (χ2n) is 3.23. The summed E-state index contributed by atoms with van der Waals surface area (Å²) in [4.78, 5) is 7.85. The van der Waals surface area contributed by atoms with Crippen LogP contribution in [0.3, 0.4) is 0 Å². The number of halogens is 1. The van der Waals surface area contributed by atoms with Gasteiger partial charge in [0, 0.05) is 12.4 Å². The molecule has 13 heavy (non-hydrogen) atoms. The maximum atomic E-state index is 5.76. The molecule has 0 spiro atoms. The molecule has 70 valence electrons. The van der Waals surface area contributed by atoms with Crippen LogP contribution in [0.1, 0.15) is 19.3 Å². The average molecular weight is 199 g/mol. The number of hydrogen-bond donors (Lipinski definition) is 0. The van der Waals surface area contributed by atoms with E-state index in [0.29, 0.717) is 17.6 Å². The van der Waals surface area contributed by atoms with E-state index >= 15 is 0 Å². The lowest BCUT2D eigenvalue weighted by Gasteiger charge is -2.04. The van der Waals surface area contributed by atoms with E-state index in [1.165, 1.54) is 12.8 Å². The summed E-state index contributed by atoms with van der Waals surface area (Å²) in [6.07, 6.45) is 6.93. The second kappa shape index (κ2) is 3.92. The maximum Gasteiger partial charge on any atom is 0.252 e. The monoisotopic (exact) mass is 198 g/mol. The van der Waals surface area contributed by atoms with Gasteiger partial charge in [0.1, 0.15) is 0 Å². The number of rotatable bonds is 4. The Hall–Kier alpha value is -0.830. The van der Waals surface area contributed by atoms with Crippen molar-refractivity contribution in [1.82, 2.24) is 9.97 Å². The van der Waals surface area contributed by atoms with Crippen molar-refractivity contribution in [2.45, 2.75) is 19.3 Å². The van der Waals surface area contributed by atoms with Crippen LogP contribution in [-0.4, -0.2) is 16.6 Å². The minimum Gasteiger partial charge on any atom is -0.475 e. The Kier molecular flexibility index (Phi) is 2.64. The molecule has 0 unspecified atom stereocenters. The Balaban J connectivity index is 1.82. The summed E-state index contributed by atoms with van der Waals surface area (Å²) in [7, 11) is 0. The molecule has 0 radical (unpaired) electrons. The topological polar surface area (TPSA) is 35.0 Å². The predicted octanol–water partition coefficient (Wildman–Crippen LogP) is 2.31. The highest BCUT2D eigenvalue weighted by molar-refractivity contribution is 6.30. The van der Waals surface area contributed by atoms with Crippen molar-refractivity contribution in [1.29, 1.82) is 0 Å². The molecular weight excluding hydrogens is 188 g/mol. The Morgan fingerprint density at radius 1 is 1.38 bits per heavy atom. The van der Waals surface area contributed by atoms with Crippen molar-refractivity contribution in [2.24, 2.45) is 5.92 Å². The van der Waals surface area contributed by atoms with Crippen molar-refractivity contribution in [3.8, 4) is 5.88 Å². The van der Waals surface area contributed by atoms with Gasteiger partial charge in [0.25, 0.3) is 5.88 Å². The SMILES string of the molecule is Clc1nccnc1OCCC1CC1. The van der Waals surface area contributed by atoms with Crippen LogP contribution in [0.2, 0.25) is 5.15 Å². The third-order valence-electron chi connectivity index (χ3n) is 2.08. The summed E-state index contributed by atoms with van der Waals surface area (Å²) in [5.74, 6) is 1.32. The highest BCUT2D eigenvalue weighted by atomic mass is 35.5. The summed E-state index contributed by atoms with van der Waals surface area (Å²) in [5.41, 5.74) is 0. The predicted molar refractivity (Wildman–Crippen MR) is 49.9 cm³/mol. The molecule has 1 saturated carbocycles. The zero-order valence-electron chi connectivity index (χ0n) is 7.24. The molecule has 0 bridgehead atoms. The first kappa shape index (κ1) is 8.75. The third-order valence-corrected chi connectivity index (χ3v) is 2.34. The van der Waals surface area contributed by atoms with E-state index in [4.69, 9.17) is 16.3 Å². The van der Waals surface area contributed by atoms with E-state index in [1.54, 1.807) is 12.4 Å². The smallest absolute Gasteiger partial charge is 0.252 e. The quantitative estimate of drug-likeness (QED) is 0.745. The lowest BCUT2D eigenvalue weighted by atomic mass is 10.3. The van der Waals surface area contributed by atoms with Crippen LogP contribution in [0.4, 0.5) is 0 Å². The molecule has 4 heteroatoms. The summed E-state index contributed by atoms with van der Waals surface area (Å²) in [6, 6.07) is 0. The Morgan fingerprint density at radius 2 is 2.15 bits per heavy atom. The summed E-state index contributed by atoms with van der Waals surface area (Å²) >= 11 is 5.76. The van der Waals surface area contributed by atoms with Crippen LogP contribution in [0.15, 0.2) is 12.4 Å². The molecule has 0 N–H and O–H groups in total. The molecule has 1 heterocycles. The van der Waals surface area contributed by atoms with E-state index in [2.05, 4.69) is 9.97 Å². The molecule has 1 aliphatic rings. The third kappa shape index (κ3) is 2.56. The van der Waals surface area contributed by atoms with Crippen molar-refractivity contribution >= 4 is 11.6 Å². The fourth-order valence-corrected chi connectivity index (χ4v) is 1.29. The summed E-state index contributed by atoms with van der Waals surface area (Å²) in [5, 5.41) is 0.346. The van der Waals surface area contributed by atoms with Crippen LogP contribution in [0.25, 0.3) is 0 Å². The normalized spacial score (nSPS) is 15.8. The zero-order valence-corrected chi connectivity index (χ0v) is 8.00. The van der Waals surface area contributed by atoms with Gasteiger partial charge in [-0.05, 0) is 12.3 Å². The Morgan fingerprint density at radius 3 is 2.85 bits per heavy atom. The minimum atomic E-state index is 0.346. The molecule has 0 atom stereocenters. The van der Waals surface area contributed by atoms with E-state index in [9.17, 15) is 0 Å². The standard InChI is InChI=1S/C9H11ClN2O/c10-8-9(12-5-4-11-8)13-6-3-7-1-2-7/h4-5,7H,1-3,6H2. The van der Waals surface area contributed by atoms with Gasteiger partial charge in [-0.2, -0.15) is 0 Å². The van der Waals surface area contributed by atoms with Gasteiger partial charge >= 0.3 is 0 Å². The van der Waals surface area contributed by atoms with E-state index in [0.717, 1.165) is 12.3 Å². The summed E-state index contributed by atoms with van der Waals surface area (Å²) in [6.45, 7) is 0.697. The highest BCUT2D eigenvalue weighted by Crippen LogP contribution is 2.32. The fraction of sp³-hybridized carbons (Fsp3) is 0.556. The van der Waals surface area contributed by atoms with Crippen LogP contribution in [0.5, 0.6) is 5.88 Å². The number of nitrogens with zero attached hydrogens (tertiary/aromatic N) is 2. The van der Waals surface area contributed by atoms with Crippen molar-refractivity contribution in [3.63, 3.8) is 0 Å². The molecule has 1 aliphatic carbocycles. The lowest BCUT2D eigenvalue weighted by molar-refractivity contribution is 0.290. The molecule has 1 aromatic heterocycles. The first-order valence-electron chi connectivity index (χ1n) is 4.45. The number of aromatic nitrogens is 2. The van der Waals surface area contributed by atoms with Crippen molar-refractivity contribution < 1.29 is 4.74 Å². The van der Waals surface area contributed by atoms with Crippen LogP contribution >= 0.6 is 11.6 Å². The molecule has 1 aromatic rings.